The number of nitro groups is 1. The summed E-state index contributed by atoms with van der Waals surface area (Å²) in [5.41, 5.74) is 2.44. The summed E-state index contributed by atoms with van der Waals surface area (Å²) in [7, 11) is 0. The van der Waals surface area contributed by atoms with Crippen LogP contribution in [0.15, 0.2) is 24.5 Å². The minimum absolute atomic E-state index is 0.0698. The van der Waals surface area contributed by atoms with Gasteiger partial charge in [-0.25, -0.2) is 20.2 Å². The van der Waals surface area contributed by atoms with Gasteiger partial charge in [-0.05, 0) is 24.6 Å². The van der Waals surface area contributed by atoms with Crippen LogP contribution in [0.25, 0.3) is 0 Å². The molecule has 2 aromatic rings. The molecular formula is C11H11FN6O2. The van der Waals surface area contributed by atoms with Crippen LogP contribution in [0.2, 0.25) is 0 Å². The summed E-state index contributed by atoms with van der Waals surface area (Å²) >= 11 is 0. The highest BCUT2D eigenvalue weighted by molar-refractivity contribution is 5.73. The van der Waals surface area contributed by atoms with Crippen molar-refractivity contribution in [1.82, 2.24) is 9.97 Å². The van der Waals surface area contributed by atoms with Crippen LogP contribution in [0.1, 0.15) is 5.56 Å². The SMILES string of the molecule is Cc1ccc(Nc2ncnc(NN)c2[N+](=O)[O-])c(F)c1. The first-order valence-corrected chi connectivity index (χ1v) is 5.52. The smallest absolute Gasteiger partial charge is 0.332 e. The maximum Gasteiger partial charge on any atom is 0.354 e. The molecule has 0 saturated carbocycles. The van der Waals surface area contributed by atoms with Crippen LogP contribution in [-0.4, -0.2) is 14.9 Å². The van der Waals surface area contributed by atoms with Gasteiger partial charge in [0.25, 0.3) is 0 Å². The molecule has 1 heterocycles. The monoisotopic (exact) mass is 278 g/mol. The molecule has 20 heavy (non-hydrogen) atoms. The maximum atomic E-state index is 13.7. The van der Waals surface area contributed by atoms with E-state index >= 15 is 0 Å². The van der Waals surface area contributed by atoms with E-state index in [1.54, 1.807) is 13.0 Å². The van der Waals surface area contributed by atoms with Crippen LogP contribution in [0.4, 0.5) is 27.4 Å². The highest BCUT2D eigenvalue weighted by atomic mass is 19.1. The summed E-state index contributed by atoms with van der Waals surface area (Å²) in [4.78, 5) is 17.7. The van der Waals surface area contributed by atoms with Gasteiger partial charge >= 0.3 is 5.69 Å². The number of benzene rings is 1. The van der Waals surface area contributed by atoms with Crippen LogP contribution in [0, 0.1) is 22.9 Å². The minimum atomic E-state index is -0.705. The fourth-order valence-electron chi connectivity index (χ4n) is 1.60. The molecular weight excluding hydrogens is 267 g/mol. The second-order valence-electron chi connectivity index (χ2n) is 3.93. The molecule has 8 nitrogen and oxygen atoms in total. The fraction of sp³-hybridized carbons (Fsp3) is 0.0909. The van der Waals surface area contributed by atoms with Crippen molar-refractivity contribution >= 4 is 23.0 Å². The largest absolute Gasteiger partial charge is 0.354 e. The molecule has 0 radical (unpaired) electrons. The summed E-state index contributed by atoms with van der Waals surface area (Å²) in [6, 6.07) is 4.43. The molecule has 104 valence electrons. The number of anilines is 3. The lowest BCUT2D eigenvalue weighted by atomic mass is 10.2. The van der Waals surface area contributed by atoms with Crippen LogP contribution < -0.4 is 16.6 Å². The van der Waals surface area contributed by atoms with E-state index in [1.165, 1.54) is 12.1 Å². The van der Waals surface area contributed by atoms with Gasteiger partial charge in [-0.2, -0.15) is 0 Å². The number of rotatable bonds is 4. The zero-order valence-corrected chi connectivity index (χ0v) is 10.4. The summed E-state index contributed by atoms with van der Waals surface area (Å²) in [5.74, 6) is 4.29. The Morgan fingerprint density at radius 3 is 2.65 bits per heavy atom. The number of hydrogen-bond donors (Lipinski definition) is 3. The highest BCUT2D eigenvalue weighted by Crippen LogP contribution is 2.31. The van der Waals surface area contributed by atoms with E-state index in [2.05, 4.69) is 20.7 Å². The maximum absolute atomic E-state index is 13.7. The van der Waals surface area contributed by atoms with Crippen molar-refractivity contribution < 1.29 is 9.31 Å². The highest BCUT2D eigenvalue weighted by Gasteiger charge is 2.23. The van der Waals surface area contributed by atoms with Gasteiger partial charge in [-0.1, -0.05) is 6.07 Å². The average Bonchev–Trinajstić information content (AvgIpc) is 2.41. The van der Waals surface area contributed by atoms with E-state index < -0.39 is 16.4 Å². The Balaban J connectivity index is 2.45. The van der Waals surface area contributed by atoms with Gasteiger partial charge in [0, 0.05) is 0 Å². The van der Waals surface area contributed by atoms with E-state index in [9.17, 15) is 14.5 Å². The van der Waals surface area contributed by atoms with Crippen molar-refractivity contribution in [2.75, 3.05) is 10.7 Å². The van der Waals surface area contributed by atoms with E-state index in [-0.39, 0.29) is 17.3 Å². The van der Waals surface area contributed by atoms with E-state index in [1.807, 2.05) is 0 Å². The van der Waals surface area contributed by atoms with Gasteiger partial charge in [0.2, 0.25) is 11.6 Å². The van der Waals surface area contributed by atoms with Crippen LogP contribution in [-0.2, 0) is 0 Å². The number of aromatic nitrogens is 2. The predicted octanol–water partition coefficient (Wildman–Crippen LogP) is 1.86. The van der Waals surface area contributed by atoms with Crippen molar-refractivity contribution in [2.24, 2.45) is 5.84 Å². The Hall–Kier alpha value is -2.81. The number of hydrogen-bond acceptors (Lipinski definition) is 7. The number of halogens is 1. The lowest BCUT2D eigenvalue weighted by Gasteiger charge is -2.09. The third-order valence-corrected chi connectivity index (χ3v) is 2.52. The van der Waals surface area contributed by atoms with Crippen molar-refractivity contribution in [3.8, 4) is 0 Å². The standard InChI is InChI=1S/C11H11FN6O2/c1-6-2-3-8(7(12)4-6)16-10-9(18(19)20)11(17-13)15-5-14-10/h2-5H,13H2,1H3,(H2,14,15,16,17). The van der Waals surface area contributed by atoms with Gasteiger partial charge in [-0.15, -0.1) is 0 Å². The third kappa shape index (κ3) is 2.62. The Labute approximate surface area is 113 Å². The molecule has 1 aromatic carbocycles. The second kappa shape index (κ2) is 5.45. The molecule has 0 bridgehead atoms. The molecule has 2 rings (SSSR count). The first kappa shape index (κ1) is 13.6. The van der Waals surface area contributed by atoms with Gasteiger partial charge in [0.05, 0.1) is 10.6 Å². The van der Waals surface area contributed by atoms with Crippen molar-refractivity contribution in [3.05, 3.63) is 46.0 Å². The number of aryl methyl sites for hydroxylation is 1. The molecule has 0 amide bonds. The average molecular weight is 278 g/mol. The Kier molecular flexibility index (Phi) is 3.71. The number of nitrogens with zero attached hydrogens (tertiary/aromatic N) is 3. The first-order valence-electron chi connectivity index (χ1n) is 5.52. The minimum Gasteiger partial charge on any atom is -0.332 e. The molecule has 0 saturated heterocycles. The molecule has 1 aromatic heterocycles. The van der Waals surface area contributed by atoms with Crippen molar-refractivity contribution in [3.63, 3.8) is 0 Å². The lowest BCUT2D eigenvalue weighted by molar-refractivity contribution is -0.383. The molecule has 4 N–H and O–H groups in total. The third-order valence-electron chi connectivity index (χ3n) is 2.52. The van der Waals surface area contributed by atoms with Gasteiger partial charge in [0.15, 0.2) is 0 Å². The number of nitrogens with one attached hydrogen (secondary N) is 2. The Morgan fingerprint density at radius 1 is 1.35 bits per heavy atom. The second-order valence-corrected chi connectivity index (χ2v) is 3.93. The van der Waals surface area contributed by atoms with E-state index in [0.29, 0.717) is 0 Å². The number of nitrogen functional groups attached to an aromatic ring is 1. The number of hydrazine groups is 1. The molecule has 0 aliphatic rings. The lowest BCUT2D eigenvalue weighted by Crippen LogP contribution is -2.13. The fourth-order valence-corrected chi connectivity index (χ4v) is 1.60. The van der Waals surface area contributed by atoms with Gasteiger partial charge in [0.1, 0.15) is 12.1 Å². The van der Waals surface area contributed by atoms with Crippen molar-refractivity contribution in [1.29, 1.82) is 0 Å². The Morgan fingerprint density at radius 2 is 2.05 bits per heavy atom. The molecule has 0 unspecified atom stereocenters. The normalized spacial score (nSPS) is 10.2. The molecule has 0 fully saturated rings. The first-order chi connectivity index (χ1) is 9.52. The van der Waals surface area contributed by atoms with E-state index in [0.717, 1.165) is 11.9 Å². The molecule has 0 spiro atoms. The summed E-state index contributed by atoms with van der Waals surface area (Å²) in [5, 5.41) is 13.6. The van der Waals surface area contributed by atoms with Crippen LogP contribution in [0.3, 0.4) is 0 Å². The molecule has 0 aliphatic carbocycles. The van der Waals surface area contributed by atoms with Crippen LogP contribution in [0.5, 0.6) is 0 Å². The zero-order chi connectivity index (χ0) is 14.7. The zero-order valence-electron chi connectivity index (χ0n) is 10.4. The molecule has 0 atom stereocenters. The number of nitrogens with two attached hydrogens (primary N) is 1. The Bertz CT molecular complexity index is 663. The summed E-state index contributed by atoms with van der Waals surface area (Å²) in [6.07, 6.45) is 1.08. The predicted molar refractivity (Wildman–Crippen MR) is 70.9 cm³/mol. The molecule has 0 aliphatic heterocycles. The quantitative estimate of drug-likeness (QED) is 0.443. The summed E-state index contributed by atoms with van der Waals surface area (Å²) in [6.45, 7) is 1.73. The molecule has 9 heteroatoms. The van der Waals surface area contributed by atoms with E-state index in [4.69, 9.17) is 5.84 Å². The topological polar surface area (TPSA) is 119 Å². The van der Waals surface area contributed by atoms with Crippen LogP contribution >= 0.6 is 0 Å². The van der Waals surface area contributed by atoms with Crippen molar-refractivity contribution in [2.45, 2.75) is 6.92 Å². The summed E-state index contributed by atoms with van der Waals surface area (Å²) < 4.78 is 13.7. The van der Waals surface area contributed by atoms with Gasteiger partial charge in [-0.3, -0.25) is 10.1 Å². The van der Waals surface area contributed by atoms with Gasteiger partial charge < -0.3 is 10.7 Å².